The second-order valence-electron chi connectivity index (χ2n) is 1.17. The van der Waals surface area contributed by atoms with Gasteiger partial charge >= 0.3 is 0 Å². The van der Waals surface area contributed by atoms with Crippen LogP contribution >= 0.6 is 11.8 Å². The normalized spacial score (nSPS) is 14.3. The van der Waals surface area contributed by atoms with Crippen LogP contribution in [0.3, 0.4) is 0 Å². The van der Waals surface area contributed by atoms with E-state index in [-0.39, 0.29) is 0 Å². The van der Waals surface area contributed by atoms with Crippen LogP contribution in [-0.2, 0) is 0 Å². The lowest BCUT2D eigenvalue weighted by Crippen LogP contribution is -2.17. The van der Waals surface area contributed by atoms with E-state index < -0.39 is 0 Å². The summed E-state index contributed by atoms with van der Waals surface area (Å²) in [7, 11) is 1.96. The van der Waals surface area contributed by atoms with Gasteiger partial charge in [0.05, 0.1) is 0 Å². The average molecular weight is 103 g/mol. The van der Waals surface area contributed by atoms with Crippen molar-refractivity contribution < 1.29 is 0 Å². The van der Waals surface area contributed by atoms with Crippen molar-refractivity contribution in [1.29, 1.82) is 0 Å². The Labute approximate surface area is 44.3 Å². The van der Waals surface area contributed by atoms with Crippen molar-refractivity contribution in [3.63, 3.8) is 0 Å². The van der Waals surface area contributed by atoms with E-state index in [0.29, 0.717) is 5.37 Å². The smallest absolute Gasteiger partial charge is 0.183 e. The molecule has 0 spiro atoms. The minimum atomic E-state index is 0.602. The van der Waals surface area contributed by atoms with Gasteiger partial charge < -0.3 is 5.23 Å². The Morgan fingerprint density at radius 2 is 2.33 bits per heavy atom. The van der Waals surface area contributed by atoms with Crippen molar-refractivity contribution in [3.05, 3.63) is 0 Å². The third kappa shape index (κ3) is 2.60. The largest absolute Gasteiger partial charge is 0.352 e. The van der Waals surface area contributed by atoms with E-state index in [1.54, 1.807) is 0 Å². The van der Waals surface area contributed by atoms with Crippen LogP contribution in [0, 0.1) is 0 Å². The topological polar surface area (TPSA) is 12.0 Å². The van der Waals surface area contributed by atoms with Crippen molar-refractivity contribution in [3.8, 4) is 0 Å². The van der Waals surface area contributed by atoms with Crippen LogP contribution < -0.4 is 5.23 Å². The summed E-state index contributed by atoms with van der Waals surface area (Å²) in [6, 6.07) is 0. The molecule has 0 radical (unpaired) electrons. The Kier molecular flexibility index (Phi) is 3.78. The number of nitrogens with one attached hydrogen (secondary N) is 1. The first-order valence-electron chi connectivity index (χ1n) is 2.01. The van der Waals surface area contributed by atoms with E-state index in [9.17, 15) is 0 Å². The highest BCUT2D eigenvalue weighted by molar-refractivity contribution is 7.99. The molecule has 0 amide bonds. The molecule has 0 saturated heterocycles. The molecule has 0 fully saturated rings. The third-order valence-electron chi connectivity index (χ3n) is 0.760. The Morgan fingerprint density at radius 1 is 1.83 bits per heavy atom. The predicted molar refractivity (Wildman–Crippen MR) is 34.7 cm³/mol. The van der Waals surface area contributed by atoms with Crippen LogP contribution in [0.4, 0.5) is 0 Å². The average Bonchev–Trinajstić information content (AvgIpc) is 1.65. The molecule has 36 valence electrons. The maximum atomic E-state index is 3.08. The molecule has 0 aromatic rings. The Hall–Kier alpha value is 0.375. The predicted octanol–water partition coefficient (Wildman–Crippen LogP) is -0.167. The third-order valence-corrected chi connectivity index (χ3v) is 1.70. The minimum absolute atomic E-state index is 0.602. The molecular weight excluding hydrogens is 92.9 g/mol. The van der Waals surface area contributed by atoms with Gasteiger partial charge in [-0.3, -0.25) is 0 Å². The molecule has 0 bridgehead atoms. The maximum absolute atomic E-state index is 3.08. The van der Waals surface area contributed by atoms with E-state index >= 15 is 0 Å². The van der Waals surface area contributed by atoms with Gasteiger partial charge in [-0.2, -0.15) is 0 Å². The fourth-order valence-electron chi connectivity index (χ4n) is 0.118. The van der Waals surface area contributed by atoms with Gasteiger partial charge in [0.25, 0.3) is 0 Å². The van der Waals surface area contributed by atoms with Crippen LogP contribution in [0.5, 0.6) is 0 Å². The molecule has 1 nitrogen and oxygen atoms in total. The maximum Gasteiger partial charge on any atom is 0.183 e. The lowest BCUT2D eigenvalue weighted by Gasteiger charge is -2.02. The van der Waals surface area contributed by atoms with Crippen molar-refractivity contribution in [2.45, 2.75) is 12.3 Å². The molecule has 3 heteroatoms. The number of hydrogen-bond donors (Lipinski definition) is 1. The molecule has 0 heterocycles. The van der Waals surface area contributed by atoms with Crippen molar-refractivity contribution in [2.24, 2.45) is 0 Å². The van der Waals surface area contributed by atoms with Gasteiger partial charge in [0.1, 0.15) is 0 Å². The fraction of sp³-hybridized carbons (Fsp3) is 1.00. The van der Waals surface area contributed by atoms with E-state index in [1.165, 1.54) is 0 Å². The number of hydrogen-bond acceptors (Lipinski definition) is 2. The molecule has 1 atom stereocenters. The van der Waals surface area contributed by atoms with Crippen molar-refractivity contribution in [1.82, 2.24) is 5.23 Å². The van der Waals surface area contributed by atoms with Gasteiger partial charge in [-0.1, -0.05) is 0 Å². The molecule has 0 aliphatic carbocycles. The van der Waals surface area contributed by atoms with Gasteiger partial charge in [0, 0.05) is 5.37 Å². The number of rotatable bonds is 2. The summed E-state index contributed by atoms with van der Waals surface area (Å²) in [4.78, 5) is 0. The number of thioether (sulfide) groups is 1. The van der Waals surface area contributed by atoms with Crippen LogP contribution in [0.2, 0.25) is 0 Å². The molecule has 1 unspecified atom stereocenters. The minimum Gasteiger partial charge on any atom is -0.352 e. The second kappa shape index (κ2) is 3.56. The summed E-state index contributed by atoms with van der Waals surface area (Å²) in [6.45, 7) is 2.13. The van der Waals surface area contributed by atoms with Gasteiger partial charge in [0.2, 0.25) is 0 Å². The first kappa shape index (κ1) is 6.37. The van der Waals surface area contributed by atoms with E-state index in [1.807, 2.05) is 19.7 Å². The van der Waals surface area contributed by atoms with E-state index in [4.69, 9.17) is 0 Å². The van der Waals surface area contributed by atoms with Crippen molar-refractivity contribution >= 4 is 19.7 Å². The van der Waals surface area contributed by atoms with Crippen LogP contribution in [0.15, 0.2) is 0 Å². The van der Waals surface area contributed by atoms with Crippen LogP contribution in [-0.4, -0.2) is 19.6 Å². The molecule has 6 heavy (non-hydrogen) atoms. The van der Waals surface area contributed by atoms with Gasteiger partial charge in [-0.15, -0.1) is 11.8 Å². The zero-order valence-electron chi connectivity index (χ0n) is 4.49. The summed E-state index contributed by atoms with van der Waals surface area (Å²) in [6.07, 6.45) is 2.08. The molecule has 0 aromatic carbocycles. The lowest BCUT2D eigenvalue weighted by molar-refractivity contribution is 0.946. The molecule has 0 saturated carbocycles. The Morgan fingerprint density at radius 3 is 2.33 bits per heavy atom. The monoisotopic (exact) mass is 103 g/mol. The molecule has 0 aromatic heterocycles. The summed E-state index contributed by atoms with van der Waals surface area (Å²) in [5.74, 6) is 0. The van der Waals surface area contributed by atoms with Gasteiger partial charge in [-0.05, 0) is 13.2 Å². The van der Waals surface area contributed by atoms with E-state index in [2.05, 4.69) is 18.4 Å². The summed E-state index contributed by atoms with van der Waals surface area (Å²) in [5, 5.41) is 3.68. The van der Waals surface area contributed by atoms with Gasteiger partial charge in [-0.25, -0.2) is 0 Å². The quantitative estimate of drug-likeness (QED) is 0.384. The lowest BCUT2D eigenvalue weighted by atomic mass is 10.4. The molecule has 0 rings (SSSR count). The highest BCUT2D eigenvalue weighted by atomic mass is 32.2. The Balaban J connectivity index is 2.75. The van der Waals surface area contributed by atoms with Crippen LogP contribution in [0.1, 0.15) is 6.92 Å². The first-order chi connectivity index (χ1) is 2.81. The summed E-state index contributed by atoms with van der Waals surface area (Å²) in [5.41, 5.74) is 0. The second-order valence-corrected chi connectivity index (χ2v) is 2.35. The molecule has 0 aliphatic heterocycles. The first-order valence-corrected chi connectivity index (χ1v) is 3.30. The standard InChI is InChI=1S/C3H10BNS/c1-3(5-4)6-2/h3,5H,4H2,1-2H3. The summed E-state index contributed by atoms with van der Waals surface area (Å²) < 4.78 is 0. The van der Waals surface area contributed by atoms with Gasteiger partial charge in [0.15, 0.2) is 7.98 Å². The molecule has 0 aliphatic rings. The zero-order valence-corrected chi connectivity index (χ0v) is 5.30. The molecule has 1 N–H and O–H groups in total. The van der Waals surface area contributed by atoms with Crippen molar-refractivity contribution in [2.75, 3.05) is 6.26 Å². The SMILES string of the molecule is BNC(C)SC. The van der Waals surface area contributed by atoms with Crippen LogP contribution in [0.25, 0.3) is 0 Å². The van der Waals surface area contributed by atoms with E-state index in [0.717, 1.165) is 0 Å². The fourth-order valence-corrected chi connectivity index (χ4v) is 0.354. The molecular formula is C3H10BNS. The summed E-state index contributed by atoms with van der Waals surface area (Å²) >= 11 is 1.81. The zero-order chi connectivity index (χ0) is 4.99. The highest BCUT2D eigenvalue weighted by Crippen LogP contribution is 1.96. The highest BCUT2D eigenvalue weighted by Gasteiger charge is 1.86. The Bertz CT molecular complexity index is 30.0.